The second-order valence-electron chi connectivity index (χ2n) is 4.57. The topological polar surface area (TPSA) is 93.2 Å². The second kappa shape index (κ2) is 6.72. The Bertz CT molecular complexity index is 553. The zero-order chi connectivity index (χ0) is 14.4. The molecule has 6 nitrogen and oxygen atoms in total. The lowest BCUT2D eigenvalue weighted by atomic mass is 10.1. The van der Waals surface area contributed by atoms with Gasteiger partial charge in [-0.1, -0.05) is 30.3 Å². The lowest BCUT2D eigenvalue weighted by Crippen LogP contribution is -2.40. The SMILES string of the molecule is Nc1ccn(CC(=O)N[C@@H](CO)Cc2ccccc2)n1. The molecule has 1 aromatic carbocycles. The van der Waals surface area contributed by atoms with Crippen molar-refractivity contribution < 1.29 is 9.90 Å². The summed E-state index contributed by atoms with van der Waals surface area (Å²) in [4.78, 5) is 11.9. The number of nitrogens with one attached hydrogen (secondary N) is 1. The maximum atomic E-state index is 11.9. The van der Waals surface area contributed by atoms with Crippen LogP contribution in [0.4, 0.5) is 5.82 Å². The van der Waals surface area contributed by atoms with Crippen molar-refractivity contribution in [1.29, 1.82) is 0 Å². The monoisotopic (exact) mass is 274 g/mol. The van der Waals surface area contributed by atoms with Crippen molar-refractivity contribution >= 4 is 11.7 Å². The summed E-state index contributed by atoms with van der Waals surface area (Å²) < 4.78 is 1.46. The van der Waals surface area contributed by atoms with E-state index in [4.69, 9.17) is 5.73 Å². The van der Waals surface area contributed by atoms with Crippen molar-refractivity contribution in [3.63, 3.8) is 0 Å². The summed E-state index contributed by atoms with van der Waals surface area (Å²) in [5, 5.41) is 16.1. The van der Waals surface area contributed by atoms with Gasteiger partial charge < -0.3 is 16.2 Å². The fourth-order valence-corrected chi connectivity index (χ4v) is 1.95. The highest BCUT2D eigenvalue weighted by Gasteiger charge is 2.12. The Morgan fingerprint density at radius 3 is 2.70 bits per heavy atom. The minimum atomic E-state index is -0.308. The maximum absolute atomic E-state index is 11.9. The first kappa shape index (κ1) is 14.1. The number of hydrogen-bond acceptors (Lipinski definition) is 4. The molecule has 0 aliphatic carbocycles. The molecule has 1 heterocycles. The van der Waals surface area contributed by atoms with E-state index in [1.54, 1.807) is 12.3 Å². The van der Waals surface area contributed by atoms with Gasteiger partial charge in [-0.25, -0.2) is 0 Å². The molecule has 0 aliphatic rings. The van der Waals surface area contributed by atoms with Crippen molar-refractivity contribution in [2.45, 2.75) is 19.0 Å². The second-order valence-corrected chi connectivity index (χ2v) is 4.57. The molecule has 6 heteroatoms. The lowest BCUT2D eigenvalue weighted by Gasteiger charge is -2.16. The number of benzene rings is 1. The molecule has 4 N–H and O–H groups in total. The van der Waals surface area contributed by atoms with Gasteiger partial charge in [0.2, 0.25) is 5.91 Å². The highest BCUT2D eigenvalue weighted by atomic mass is 16.3. The van der Waals surface area contributed by atoms with Gasteiger partial charge in [-0.15, -0.1) is 0 Å². The Kier molecular flexibility index (Phi) is 4.73. The first-order valence-corrected chi connectivity index (χ1v) is 6.40. The largest absolute Gasteiger partial charge is 0.394 e. The number of nitrogens with zero attached hydrogens (tertiary/aromatic N) is 2. The molecular weight excluding hydrogens is 256 g/mol. The van der Waals surface area contributed by atoms with E-state index in [-0.39, 0.29) is 25.1 Å². The molecule has 106 valence electrons. The number of aromatic nitrogens is 2. The minimum absolute atomic E-state index is 0.0858. The number of nitrogen functional groups attached to an aromatic ring is 1. The van der Waals surface area contributed by atoms with E-state index in [2.05, 4.69) is 10.4 Å². The highest BCUT2D eigenvalue weighted by molar-refractivity contribution is 5.76. The van der Waals surface area contributed by atoms with Crippen molar-refractivity contribution in [2.75, 3.05) is 12.3 Å². The van der Waals surface area contributed by atoms with Crippen LogP contribution in [0.3, 0.4) is 0 Å². The smallest absolute Gasteiger partial charge is 0.242 e. The number of anilines is 1. The third-order valence-corrected chi connectivity index (χ3v) is 2.88. The predicted molar refractivity (Wildman–Crippen MR) is 75.8 cm³/mol. The summed E-state index contributed by atoms with van der Waals surface area (Å²) in [7, 11) is 0. The fraction of sp³-hybridized carbons (Fsp3) is 0.286. The Morgan fingerprint density at radius 2 is 2.10 bits per heavy atom. The van der Waals surface area contributed by atoms with Crippen LogP contribution in [0.1, 0.15) is 5.56 Å². The Hall–Kier alpha value is -2.34. The lowest BCUT2D eigenvalue weighted by molar-refractivity contribution is -0.122. The third kappa shape index (κ3) is 4.10. The van der Waals surface area contributed by atoms with Crippen LogP contribution in [0, 0.1) is 0 Å². The number of carbonyl (C=O) groups excluding carboxylic acids is 1. The van der Waals surface area contributed by atoms with Crippen molar-refractivity contribution in [3.8, 4) is 0 Å². The third-order valence-electron chi connectivity index (χ3n) is 2.88. The molecule has 0 bridgehead atoms. The van der Waals surface area contributed by atoms with Crippen LogP contribution in [0.15, 0.2) is 42.6 Å². The van der Waals surface area contributed by atoms with Gasteiger partial charge in [0.15, 0.2) is 0 Å². The molecule has 0 fully saturated rings. The van der Waals surface area contributed by atoms with Gasteiger partial charge in [0.25, 0.3) is 0 Å². The number of hydrogen-bond donors (Lipinski definition) is 3. The number of aliphatic hydroxyl groups excluding tert-OH is 1. The minimum Gasteiger partial charge on any atom is -0.394 e. The zero-order valence-corrected chi connectivity index (χ0v) is 11.1. The Labute approximate surface area is 117 Å². The van der Waals surface area contributed by atoms with Crippen LogP contribution < -0.4 is 11.1 Å². The molecular formula is C14H18N4O2. The maximum Gasteiger partial charge on any atom is 0.242 e. The summed E-state index contributed by atoms with van der Waals surface area (Å²) in [6.45, 7) is -0.0234. The molecule has 0 unspecified atom stereocenters. The zero-order valence-electron chi connectivity index (χ0n) is 11.1. The van der Waals surface area contributed by atoms with Gasteiger partial charge in [0.05, 0.1) is 12.6 Å². The molecule has 0 aliphatic heterocycles. The standard InChI is InChI=1S/C14H18N4O2/c15-13-6-7-18(17-13)9-14(20)16-12(10-19)8-11-4-2-1-3-5-11/h1-7,12,19H,8-10H2,(H2,15,17)(H,16,20)/t12-/m1/s1. The van der Waals surface area contributed by atoms with Crippen LogP contribution in [0.2, 0.25) is 0 Å². The molecule has 1 aromatic heterocycles. The van der Waals surface area contributed by atoms with Gasteiger partial charge in [0.1, 0.15) is 12.4 Å². The van der Waals surface area contributed by atoms with E-state index < -0.39 is 0 Å². The number of nitrogens with two attached hydrogens (primary N) is 1. The molecule has 2 aromatic rings. The first-order chi connectivity index (χ1) is 9.67. The highest BCUT2D eigenvalue weighted by Crippen LogP contribution is 2.03. The van der Waals surface area contributed by atoms with Gasteiger partial charge >= 0.3 is 0 Å². The van der Waals surface area contributed by atoms with E-state index in [0.29, 0.717) is 12.2 Å². The van der Waals surface area contributed by atoms with Gasteiger partial charge in [-0.2, -0.15) is 5.10 Å². The molecule has 0 spiro atoms. The van der Waals surface area contributed by atoms with Crippen LogP contribution in [-0.4, -0.2) is 33.4 Å². The van der Waals surface area contributed by atoms with E-state index in [9.17, 15) is 9.90 Å². The van der Waals surface area contributed by atoms with Gasteiger partial charge in [-0.3, -0.25) is 9.48 Å². The quantitative estimate of drug-likeness (QED) is 0.701. The summed E-state index contributed by atoms with van der Waals surface area (Å²) in [5.41, 5.74) is 6.55. The van der Waals surface area contributed by atoms with Gasteiger partial charge in [0, 0.05) is 6.20 Å². The molecule has 2 rings (SSSR count). The normalized spacial score (nSPS) is 12.1. The van der Waals surface area contributed by atoms with Crippen LogP contribution in [0.25, 0.3) is 0 Å². The number of aliphatic hydroxyl groups is 1. The van der Waals surface area contributed by atoms with Crippen molar-refractivity contribution in [2.24, 2.45) is 0 Å². The van der Waals surface area contributed by atoms with E-state index in [0.717, 1.165) is 5.56 Å². The predicted octanol–water partition coefficient (Wildman–Crippen LogP) is 0.185. The van der Waals surface area contributed by atoms with Crippen molar-refractivity contribution in [3.05, 3.63) is 48.2 Å². The first-order valence-electron chi connectivity index (χ1n) is 6.40. The molecule has 0 saturated carbocycles. The molecule has 0 radical (unpaired) electrons. The van der Waals surface area contributed by atoms with Crippen molar-refractivity contribution in [1.82, 2.24) is 15.1 Å². The Morgan fingerprint density at radius 1 is 1.35 bits per heavy atom. The molecule has 1 atom stereocenters. The summed E-state index contributed by atoms with van der Waals surface area (Å²) >= 11 is 0. The summed E-state index contributed by atoms with van der Waals surface area (Å²) in [5.74, 6) is 0.170. The number of amides is 1. The van der Waals surface area contributed by atoms with Crippen LogP contribution >= 0.6 is 0 Å². The van der Waals surface area contributed by atoms with Gasteiger partial charge in [-0.05, 0) is 18.1 Å². The van der Waals surface area contributed by atoms with E-state index in [1.165, 1.54) is 4.68 Å². The van der Waals surface area contributed by atoms with E-state index >= 15 is 0 Å². The van der Waals surface area contributed by atoms with E-state index in [1.807, 2.05) is 30.3 Å². The molecule has 0 saturated heterocycles. The number of rotatable bonds is 6. The summed E-state index contributed by atoms with van der Waals surface area (Å²) in [6.07, 6.45) is 2.23. The average molecular weight is 274 g/mol. The summed E-state index contributed by atoms with van der Waals surface area (Å²) in [6, 6.07) is 11.0. The number of carbonyl (C=O) groups is 1. The Balaban J connectivity index is 1.88. The average Bonchev–Trinajstić information content (AvgIpc) is 2.84. The van der Waals surface area contributed by atoms with Crippen LogP contribution in [-0.2, 0) is 17.8 Å². The fourth-order valence-electron chi connectivity index (χ4n) is 1.95. The molecule has 20 heavy (non-hydrogen) atoms. The van der Waals surface area contributed by atoms with Crippen LogP contribution in [0.5, 0.6) is 0 Å². The molecule has 1 amide bonds.